The summed E-state index contributed by atoms with van der Waals surface area (Å²) in [5.41, 5.74) is 7.73. The van der Waals surface area contributed by atoms with Crippen molar-refractivity contribution in [1.29, 1.82) is 0 Å². The van der Waals surface area contributed by atoms with Crippen molar-refractivity contribution in [3.8, 4) is 0 Å². The summed E-state index contributed by atoms with van der Waals surface area (Å²) in [5.74, 6) is 1.78. The molecule has 0 radical (unpaired) electrons. The summed E-state index contributed by atoms with van der Waals surface area (Å²) < 4.78 is 1.78. The van der Waals surface area contributed by atoms with Gasteiger partial charge >= 0.3 is 6.03 Å². The number of rotatable bonds is 6. The number of hydrogen-bond donors (Lipinski definition) is 1. The Bertz CT molecular complexity index is 1130. The SMILES string of the molecule is NC(=O)N(C[C@H]1CC[C@H](CN2CCN(c3cccc(Cl)c3Cl)CC2)CC1)c1cc2ccccn2n1. The highest BCUT2D eigenvalue weighted by atomic mass is 35.5. The molecule has 9 heteroatoms. The lowest BCUT2D eigenvalue weighted by atomic mass is 9.81. The van der Waals surface area contributed by atoms with Crippen LogP contribution in [0.15, 0.2) is 48.7 Å². The minimum Gasteiger partial charge on any atom is -0.368 e. The van der Waals surface area contributed by atoms with Gasteiger partial charge in [0.2, 0.25) is 0 Å². The van der Waals surface area contributed by atoms with E-state index in [4.69, 9.17) is 28.9 Å². The number of carbonyl (C=O) groups is 1. The van der Waals surface area contributed by atoms with Crippen LogP contribution in [-0.2, 0) is 0 Å². The van der Waals surface area contributed by atoms with Crippen molar-refractivity contribution in [3.05, 3.63) is 58.7 Å². The van der Waals surface area contributed by atoms with Crippen molar-refractivity contribution in [2.24, 2.45) is 17.6 Å². The molecule has 3 aromatic rings. The molecular formula is C26H32Cl2N6O. The molecular weight excluding hydrogens is 483 g/mol. The molecule has 1 aliphatic carbocycles. The van der Waals surface area contributed by atoms with E-state index in [0.29, 0.717) is 34.2 Å². The van der Waals surface area contributed by atoms with Crippen molar-refractivity contribution >= 4 is 46.3 Å². The molecule has 186 valence electrons. The number of benzene rings is 1. The average Bonchev–Trinajstić information content (AvgIpc) is 3.29. The summed E-state index contributed by atoms with van der Waals surface area (Å²) in [5, 5.41) is 5.80. The predicted molar refractivity (Wildman–Crippen MR) is 143 cm³/mol. The first kappa shape index (κ1) is 24.2. The number of hydrogen-bond acceptors (Lipinski definition) is 4. The number of piperazine rings is 1. The van der Waals surface area contributed by atoms with E-state index in [0.717, 1.165) is 56.8 Å². The second kappa shape index (κ2) is 10.6. The fourth-order valence-corrected chi connectivity index (χ4v) is 5.90. The molecule has 2 amide bonds. The molecule has 0 bridgehead atoms. The van der Waals surface area contributed by atoms with Gasteiger partial charge in [-0.3, -0.25) is 9.80 Å². The highest BCUT2D eigenvalue weighted by molar-refractivity contribution is 6.43. The predicted octanol–water partition coefficient (Wildman–Crippen LogP) is 5.15. The monoisotopic (exact) mass is 514 g/mol. The maximum atomic E-state index is 12.2. The quantitative estimate of drug-likeness (QED) is 0.493. The van der Waals surface area contributed by atoms with Gasteiger partial charge < -0.3 is 10.6 Å². The minimum atomic E-state index is -0.437. The summed E-state index contributed by atoms with van der Waals surface area (Å²) in [6.45, 7) is 5.75. The zero-order valence-electron chi connectivity index (χ0n) is 19.8. The lowest BCUT2D eigenvalue weighted by Gasteiger charge is -2.39. The summed E-state index contributed by atoms with van der Waals surface area (Å²) >= 11 is 12.6. The van der Waals surface area contributed by atoms with Crippen LogP contribution in [0, 0.1) is 11.8 Å². The molecule has 1 saturated carbocycles. The number of urea groups is 1. The average molecular weight is 515 g/mol. The third-order valence-electron chi connectivity index (χ3n) is 7.47. The first-order valence-electron chi connectivity index (χ1n) is 12.4. The van der Waals surface area contributed by atoms with Crippen LogP contribution < -0.4 is 15.5 Å². The Morgan fingerprint density at radius 3 is 2.46 bits per heavy atom. The number of primary amides is 1. The Morgan fingerprint density at radius 2 is 1.74 bits per heavy atom. The molecule has 1 aromatic carbocycles. The number of aromatic nitrogens is 2. The van der Waals surface area contributed by atoms with Crippen molar-refractivity contribution in [3.63, 3.8) is 0 Å². The van der Waals surface area contributed by atoms with Crippen molar-refractivity contribution in [2.75, 3.05) is 49.1 Å². The number of fused-ring (bicyclic) bond motifs is 1. The van der Waals surface area contributed by atoms with E-state index in [1.807, 2.05) is 48.7 Å². The minimum absolute atomic E-state index is 0.437. The Hall–Kier alpha value is -2.48. The highest BCUT2D eigenvalue weighted by Gasteiger charge is 2.28. The molecule has 0 unspecified atom stereocenters. The van der Waals surface area contributed by atoms with Crippen LogP contribution in [0.5, 0.6) is 0 Å². The van der Waals surface area contributed by atoms with E-state index in [1.165, 1.54) is 12.8 Å². The smallest absolute Gasteiger partial charge is 0.320 e. The van der Waals surface area contributed by atoms with E-state index in [9.17, 15) is 4.79 Å². The molecule has 3 heterocycles. The molecule has 5 rings (SSSR count). The largest absolute Gasteiger partial charge is 0.368 e. The number of nitrogens with zero attached hydrogens (tertiary/aromatic N) is 5. The fraction of sp³-hybridized carbons (Fsp3) is 0.462. The van der Waals surface area contributed by atoms with E-state index in [2.05, 4.69) is 14.9 Å². The maximum absolute atomic E-state index is 12.2. The Labute approximate surface area is 216 Å². The molecule has 0 atom stereocenters. The topological polar surface area (TPSA) is 70.1 Å². The van der Waals surface area contributed by atoms with Crippen LogP contribution in [-0.4, -0.2) is 59.8 Å². The molecule has 2 aliphatic rings. The van der Waals surface area contributed by atoms with Crippen LogP contribution in [0.2, 0.25) is 10.0 Å². The maximum Gasteiger partial charge on any atom is 0.320 e. The molecule has 2 aromatic heterocycles. The molecule has 2 fully saturated rings. The van der Waals surface area contributed by atoms with Crippen molar-refractivity contribution in [2.45, 2.75) is 25.7 Å². The van der Waals surface area contributed by atoms with E-state index in [1.54, 1.807) is 9.42 Å². The fourth-order valence-electron chi connectivity index (χ4n) is 5.48. The van der Waals surface area contributed by atoms with Gasteiger partial charge in [-0.2, -0.15) is 0 Å². The molecule has 1 aliphatic heterocycles. The second-order valence-electron chi connectivity index (χ2n) is 9.77. The van der Waals surface area contributed by atoms with Crippen LogP contribution in [0.1, 0.15) is 25.7 Å². The number of anilines is 2. The van der Waals surface area contributed by atoms with Gasteiger partial charge in [0.1, 0.15) is 0 Å². The van der Waals surface area contributed by atoms with E-state index in [-0.39, 0.29) is 0 Å². The van der Waals surface area contributed by atoms with Gasteiger partial charge in [0, 0.05) is 51.5 Å². The first-order chi connectivity index (χ1) is 17.0. The molecule has 35 heavy (non-hydrogen) atoms. The standard InChI is InChI=1S/C26H32Cl2N6O/c27-22-5-3-6-23(25(22)28)32-14-12-31(13-15-32)17-19-7-9-20(10-8-19)18-33(26(29)35)24-16-21-4-1-2-11-34(21)30-24/h1-6,11,16,19-20H,7-10,12-15,17-18H2,(H2,29,35)/t19-,20-. The highest BCUT2D eigenvalue weighted by Crippen LogP contribution is 2.34. The van der Waals surface area contributed by atoms with Crippen LogP contribution in [0.3, 0.4) is 0 Å². The Kier molecular flexibility index (Phi) is 7.37. The number of pyridine rings is 1. The van der Waals surface area contributed by atoms with Gasteiger partial charge in [0.05, 0.1) is 21.2 Å². The van der Waals surface area contributed by atoms with Gasteiger partial charge in [-0.25, -0.2) is 9.31 Å². The van der Waals surface area contributed by atoms with Crippen LogP contribution in [0.4, 0.5) is 16.3 Å². The number of nitrogens with two attached hydrogens (primary N) is 1. The normalized spacial score (nSPS) is 21.4. The van der Waals surface area contributed by atoms with Gasteiger partial charge in [-0.15, -0.1) is 5.10 Å². The van der Waals surface area contributed by atoms with Gasteiger partial charge in [0.15, 0.2) is 5.82 Å². The van der Waals surface area contributed by atoms with Gasteiger partial charge in [0.25, 0.3) is 0 Å². The summed E-state index contributed by atoms with van der Waals surface area (Å²) in [7, 11) is 0. The zero-order valence-corrected chi connectivity index (χ0v) is 21.3. The van der Waals surface area contributed by atoms with E-state index < -0.39 is 6.03 Å². The van der Waals surface area contributed by atoms with Gasteiger partial charge in [-0.05, 0) is 61.8 Å². The number of amides is 2. The molecule has 1 saturated heterocycles. The lowest BCUT2D eigenvalue weighted by molar-refractivity contribution is 0.174. The number of halogens is 2. The Morgan fingerprint density at radius 1 is 1.00 bits per heavy atom. The first-order valence-corrected chi connectivity index (χ1v) is 13.2. The van der Waals surface area contributed by atoms with E-state index >= 15 is 0 Å². The zero-order chi connectivity index (χ0) is 24.4. The second-order valence-corrected chi connectivity index (χ2v) is 10.6. The van der Waals surface area contributed by atoms with Gasteiger partial charge in [-0.1, -0.05) is 35.3 Å². The third kappa shape index (κ3) is 5.52. The third-order valence-corrected chi connectivity index (χ3v) is 8.28. The summed E-state index contributed by atoms with van der Waals surface area (Å²) in [6, 6.07) is 13.2. The van der Waals surface area contributed by atoms with Crippen LogP contribution >= 0.6 is 23.2 Å². The Balaban J connectivity index is 1.10. The summed E-state index contributed by atoms with van der Waals surface area (Å²) in [6.07, 6.45) is 6.47. The van der Waals surface area contributed by atoms with Crippen LogP contribution in [0.25, 0.3) is 5.52 Å². The number of carbonyl (C=O) groups excluding carboxylic acids is 1. The van der Waals surface area contributed by atoms with Crippen molar-refractivity contribution in [1.82, 2.24) is 14.5 Å². The molecule has 0 spiro atoms. The van der Waals surface area contributed by atoms with Crippen molar-refractivity contribution < 1.29 is 4.79 Å². The molecule has 2 N–H and O–H groups in total. The lowest BCUT2D eigenvalue weighted by Crippen LogP contribution is -2.48. The molecule has 7 nitrogen and oxygen atoms in total. The summed E-state index contributed by atoms with van der Waals surface area (Å²) in [4.78, 5) is 18.8.